The molecule has 148 valence electrons. The fraction of sp³-hybridized carbons (Fsp3) is 0.130. The highest BCUT2D eigenvalue weighted by Gasteiger charge is 2.17. The Morgan fingerprint density at radius 2 is 1.38 bits per heavy atom. The van der Waals surface area contributed by atoms with E-state index >= 15 is 0 Å². The highest BCUT2D eigenvalue weighted by atomic mass is 16.5. The van der Waals surface area contributed by atoms with Gasteiger partial charge >= 0.3 is 0 Å². The molecule has 1 amide bonds. The average Bonchev–Trinajstić information content (AvgIpc) is 2.78. The molecule has 29 heavy (non-hydrogen) atoms. The minimum Gasteiger partial charge on any atom is -0.497 e. The predicted octanol–water partition coefficient (Wildman–Crippen LogP) is 4.20. The number of rotatable bonds is 7. The molecule has 0 radical (unpaired) electrons. The van der Waals surface area contributed by atoms with Crippen molar-refractivity contribution in [2.45, 2.75) is 0 Å². The normalized spacial score (nSPS) is 10.2. The number of methoxy groups -OCH3 is 3. The second-order valence-electron chi connectivity index (χ2n) is 6.13. The molecule has 0 aliphatic rings. The molecular weight excluding hydrogens is 370 g/mol. The summed E-state index contributed by atoms with van der Waals surface area (Å²) in [6.07, 6.45) is 0. The number of benzene rings is 3. The van der Waals surface area contributed by atoms with Gasteiger partial charge in [0.15, 0.2) is 5.78 Å². The molecule has 0 aliphatic heterocycles. The van der Waals surface area contributed by atoms with Gasteiger partial charge in [0, 0.05) is 11.1 Å². The fourth-order valence-electron chi connectivity index (χ4n) is 2.86. The molecule has 6 heteroatoms. The first-order chi connectivity index (χ1) is 14.1. The Morgan fingerprint density at radius 1 is 0.724 bits per heavy atom. The summed E-state index contributed by atoms with van der Waals surface area (Å²) in [7, 11) is 4.58. The van der Waals surface area contributed by atoms with Crippen LogP contribution < -0.4 is 19.5 Å². The first-order valence-electron chi connectivity index (χ1n) is 8.88. The van der Waals surface area contributed by atoms with Crippen molar-refractivity contribution in [3.05, 3.63) is 83.4 Å². The number of nitrogens with one attached hydrogen (secondary N) is 1. The lowest BCUT2D eigenvalue weighted by molar-refractivity contribution is 0.101. The maximum atomic E-state index is 12.9. The molecule has 0 spiro atoms. The fourth-order valence-corrected chi connectivity index (χ4v) is 2.86. The summed E-state index contributed by atoms with van der Waals surface area (Å²) < 4.78 is 15.7. The molecule has 0 aliphatic carbocycles. The summed E-state index contributed by atoms with van der Waals surface area (Å²) in [6, 6.07) is 18.6. The lowest BCUT2D eigenvalue weighted by Crippen LogP contribution is -2.13. The highest BCUT2D eigenvalue weighted by molar-refractivity contribution is 6.12. The van der Waals surface area contributed by atoms with Crippen molar-refractivity contribution in [3.63, 3.8) is 0 Å². The number of ketones is 1. The first-order valence-corrected chi connectivity index (χ1v) is 8.88. The maximum absolute atomic E-state index is 12.9. The summed E-state index contributed by atoms with van der Waals surface area (Å²) in [6.45, 7) is 0. The Labute approximate surface area is 169 Å². The molecule has 0 fully saturated rings. The van der Waals surface area contributed by atoms with Crippen LogP contribution in [0.25, 0.3) is 0 Å². The zero-order chi connectivity index (χ0) is 20.8. The Bertz CT molecular complexity index is 1030. The van der Waals surface area contributed by atoms with Gasteiger partial charge in [0.25, 0.3) is 5.91 Å². The van der Waals surface area contributed by atoms with E-state index in [4.69, 9.17) is 14.2 Å². The van der Waals surface area contributed by atoms with Crippen molar-refractivity contribution in [2.24, 2.45) is 0 Å². The van der Waals surface area contributed by atoms with Crippen molar-refractivity contribution in [1.82, 2.24) is 0 Å². The number of carbonyl (C=O) groups is 2. The van der Waals surface area contributed by atoms with E-state index in [0.717, 1.165) is 0 Å². The van der Waals surface area contributed by atoms with Gasteiger partial charge in [-0.25, -0.2) is 0 Å². The van der Waals surface area contributed by atoms with Crippen LogP contribution in [-0.4, -0.2) is 33.0 Å². The first kappa shape index (κ1) is 19.9. The van der Waals surface area contributed by atoms with Gasteiger partial charge in [-0.3, -0.25) is 9.59 Å². The van der Waals surface area contributed by atoms with Gasteiger partial charge in [-0.1, -0.05) is 24.3 Å². The summed E-state index contributed by atoms with van der Waals surface area (Å²) in [5.74, 6) is 1.05. The average molecular weight is 391 g/mol. The van der Waals surface area contributed by atoms with Crippen LogP contribution in [0.1, 0.15) is 26.3 Å². The number of anilines is 1. The van der Waals surface area contributed by atoms with Crippen LogP contribution in [0.2, 0.25) is 0 Å². The smallest absolute Gasteiger partial charge is 0.255 e. The zero-order valence-corrected chi connectivity index (χ0v) is 16.4. The quantitative estimate of drug-likeness (QED) is 0.611. The van der Waals surface area contributed by atoms with Gasteiger partial charge in [0.2, 0.25) is 0 Å². The van der Waals surface area contributed by atoms with Gasteiger partial charge in [-0.15, -0.1) is 0 Å². The van der Waals surface area contributed by atoms with E-state index in [1.165, 1.54) is 21.3 Å². The topological polar surface area (TPSA) is 73.9 Å². The van der Waals surface area contributed by atoms with E-state index in [-0.39, 0.29) is 11.7 Å². The molecule has 3 rings (SSSR count). The molecule has 0 atom stereocenters. The van der Waals surface area contributed by atoms with E-state index < -0.39 is 0 Å². The van der Waals surface area contributed by atoms with E-state index in [1.807, 2.05) is 6.07 Å². The largest absolute Gasteiger partial charge is 0.497 e. The van der Waals surface area contributed by atoms with Crippen LogP contribution in [0, 0.1) is 0 Å². The third kappa shape index (κ3) is 4.38. The number of para-hydroxylation sites is 2. The van der Waals surface area contributed by atoms with E-state index in [0.29, 0.717) is 39.6 Å². The van der Waals surface area contributed by atoms with Gasteiger partial charge in [0.1, 0.15) is 17.2 Å². The molecule has 0 saturated heterocycles. The van der Waals surface area contributed by atoms with Crippen LogP contribution >= 0.6 is 0 Å². The molecule has 0 aromatic heterocycles. The molecule has 0 unspecified atom stereocenters. The predicted molar refractivity (Wildman–Crippen MR) is 110 cm³/mol. The Hall–Kier alpha value is -3.80. The Balaban J connectivity index is 1.81. The molecule has 1 N–H and O–H groups in total. The number of hydrogen-bond donors (Lipinski definition) is 1. The van der Waals surface area contributed by atoms with Crippen LogP contribution in [0.15, 0.2) is 66.7 Å². The van der Waals surface area contributed by atoms with Crippen LogP contribution in [-0.2, 0) is 0 Å². The van der Waals surface area contributed by atoms with Crippen LogP contribution in [0.3, 0.4) is 0 Å². The van der Waals surface area contributed by atoms with Crippen molar-refractivity contribution < 1.29 is 23.8 Å². The number of hydrogen-bond acceptors (Lipinski definition) is 5. The minimum atomic E-state index is -0.299. The third-order valence-corrected chi connectivity index (χ3v) is 4.42. The maximum Gasteiger partial charge on any atom is 0.255 e. The zero-order valence-electron chi connectivity index (χ0n) is 16.4. The second kappa shape index (κ2) is 8.93. The van der Waals surface area contributed by atoms with E-state index in [1.54, 1.807) is 60.7 Å². The van der Waals surface area contributed by atoms with Gasteiger partial charge in [-0.05, 0) is 42.5 Å². The molecule has 3 aromatic carbocycles. The van der Waals surface area contributed by atoms with Crippen molar-refractivity contribution in [3.8, 4) is 17.2 Å². The molecule has 0 heterocycles. The molecule has 0 saturated carbocycles. The van der Waals surface area contributed by atoms with Gasteiger partial charge in [0.05, 0.1) is 32.6 Å². The number of amides is 1. The number of carbonyl (C=O) groups excluding carboxylic acids is 2. The van der Waals surface area contributed by atoms with Crippen molar-refractivity contribution in [1.29, 1.82) is 0 Å². The molecule has 6 nitrogen and oxygen atoms in total. The van der Waals surface area contributed by atoms with Gasteiger partial charge < -0.3 is 19.5 Å². The Kier molecular flexibility index (Phi) is 6.14. The van der Waals surface area contributed by atoms with Crippen molar-refractivity contribution in [2.75, 3.05) is 26.6 Å². The standard InChI is InChI=1S/C23H21NO5/c1-27-17-12-13-20(28-2)18(14-17)22(25)15-8-10-16(11-9-15)23(26)24-19-6-4-5-7-21(19)29-3/h4-14H,1-3H3,(H,24,26). The number of ether oxygens (including phenoxy) is 3. The highest BCUT2D eigenvalue weighted by Crippen LogP contribution is 2.27. The SMILES string of the molecule is COc1ccc(OC)c(C(=O)c2ccc(C(=O)Nc3ccccc3OC)cc2)c1. The molecule has 3 aromatic rings. The monoisotopic (exact) mass is 391 g/mol. The summed E-state index contributed by atoms with van der Waals surface area (Å²) >= 11 is 0. The van der Waals surface area contributed by atoms with E-state index in [2.05, 4.69) is 5.32 Å². The lowest BCUT2D eigenvalue weighted by atomic mass is 10.0. The molecule has 0 bridgehead atoms. The lowest BCUT2D eigenvalue weighted by Gasteiger charge is -2.11. The minimum absolute atomic E-state index is 0.225. The summed E-state index contributed by atoms with van der Waals surface area (Å²) in [5, 5.41) is 2.81. The van der Waals surface area contributed by atoms with Gasteiger partial charge in [-0.2, -0.15) is 0 Å². The van der Waals surface area contributed by atoms with E-state index in [9.17, 15) is 9.59 Å². The van der Waals surface area contributed by atoms with Crippen LogP contribution in [0.5, 0.6) is 17.2 Å². The van der Waals surface area contributed by atoms with Crippen molar-refractivity contribution >= 4 is 17.4 Å². The molecular formula is C23H21NO5. The van der Waals surface area contributed by atoms with Crippen LogP contribution in [0.4, 0.5) is 5.69 Å². The third-order valence-electron chi connectivity index (χ3n) is 4.42. The summed E-state index contributed by atoms with van der Waals surface area (Å²) in [5.41, 5.74) is 1.81. The summed E-state index contributed by atoms with van der Waals surface area (Å²) in [4.78, 5) is 25.4. The second-order valence-corrected chi connectivity index (χ2v) is 6.13. The Morgan fingerprint density at radius 3 is 2.03 bits per heavy atom.